The summed E-state index contributed by atoms with van der Waals surface area (Å²) in [5.74, 6) is 0. The third-order valence-corrected chi connectivity index (χ3v) is 5.41. The Balaban J connectivity index is 1.43. The van der Waals surface area contributed by atoms with E-state index in [-0.39, 0.29) is 0 Å². The van der Waals surface area contributed by atoms with Gasteiger partial charge in [-0.15, -0.1) is 0 Å². The molecule has 4 rings (SSSR count). The zero-order chi connectivity index (χ0) is 14.2. The lowest BCUT2D eigenvalue weighted by Crippen LogP contribution is -2.42. The molecule has 0 aliphatic heterocycles. The highest BCUT2D eigenvalue weighted by molar-refractivity contribution is 9.10. The van der Waals surface area contributed by atoms with Crippen LogP contribution in [0.4, 0.5) is 0 Å². The van der Waals surface area contributed by atoms with Crippen molar-refractivity contribution in [3.63, 3.8) is 0 Å². The van der Waals surface area contributed by atoms with Crippen molar-refractivity contribution in [2.75, 3.05) is 0 Å². The van der Waals surface area contributed by atoms with Gasteiger partial charge in [-0.3, -0.25) is 0 Å². The summed E-state index contributed by atoms with van der Waals surface area (Å²) in [6.45, 7) is 0. The highest BCUT2D eigenvalue weighted by Crippen LogP contribution is 2.27. The molecule has 0 bridgehead atoms. The number of rotatable bonds is 2. The van der Waals surface area contributed by atoms with Crippen LogP contribution in [0.5, 0.6) is 0 Å². The van der Waals surface area contributed by atoms with Gasteiger partial charge in [0, 0.05) is 16.6 Å². The molecule has 0 spiro atoms. The van der Waals surface area contributed by atoms with Crippen molar-refractivity contribution in [3.05, 3.63) is 69.2 Å². The molecule has 1 atom stereocenters. The number of hydrogen-bond donors (Lipinski definition) is 1. The molecule has 2 heteroatoms. The lowest BCUT2D eigenvalue weighted by atomic mass is 9.88. The summed E-state index contributed by atoms with van der Waals surface area (Å²) in [5.41, 5.74) is 6.12. The van der Waals surface area contributed by atoms with Crippen molar-refractivity contribution < 1.29 is 0 Å². The summed E-state index contributed by atoms with van der Waals surface area (Å²) < 4.78 is 1.21. The molecule has 21 heavy (non-hydrogen) atoms. The summed E-state index contributed by atoms with van der Waals surface area (Å²) >= 11 is 3.58. The monoisotopic (exact) mass is 341 g/mol. The molecule has 0 saturated carbocycles. The predicted molar refractivity (Wildman–Crippen MR) is 90.7 cm³/mol. The van der Waals surface area contributed by atoms with E-state index in [9.17, 15) is 0 Å². The quantitative estimate of drug-likeness (QED) is 0.868. The van der Waals surface area contributed by atoms with Crippen molar-refractivity contribution in [2.45, 2.75) is 44.2 Å². The number of halogens is 1. The maximum Gasteiger partial charge on any atom is 0.0178 e. The van der Waals surface area contributed by atoms with Crippen molar-refractivity contribution >= 4 is 15.9 Å². The molecule has 1 unspecified atom stereocenters. The fourth-order valence-electron chi connectivity index (χ4n) is 3.88. The summed E-state index contributed by atoms with van der Waals surface area (Å²) in [6, 6.07) is 16.9. The van der Waals surface area contributed by atoms with Crippen LogP contribution >= 0.6 is 15.9 Å². The normalized spacial score (nSPS) is 21.1. The first kappa shape index (κ1) is 13.5. The van der Waals surface area contributed by atoms with Gasteiger partial charge >= 0.3 is 0 Å². The minimum atomic E-state index is 0.629. The number of hydrogen-bond acceptors (Lipinski definition) is 1. The molecular weight excluding hydrogens is 322 g/mol. The highest BCUT2D eigenvalue weighted by Gasteiger charge is 2.25. The lowest BCUT2D eigenvalue weighted by molar-refractivity contribution is 0.399. The molecule has 2 aliphatic carbocycles. The molecular formula is C19H20BrN. The SMILES string of the molecule is Brc1ccc2c(c1)CCC(NC1Cc3ccccc3C1)C2. The molecule has 0 fully saturated rings. The third kappa shape index (κ3) is 2.79. The van der Waals surface area contributed by atoms with Crippen LogP contribution in [0, 0.1) is 0 Å². The molecule has 0 aromatic heterocycles. The third-order valence-electron chi connectivity index (χ3n) is 4.92. The zero-order valence-electron chi connectivity index (χ0n) is 12.1. The zero-order valence-corrected chi connectivity index (χ0v) is 13.7. The molecule has 2 aromatic carbocycles. The molecule has 108 valence electrons. The van der Waals surface area contributed by atoms with Crippen molar-refractivity contribution in [3.8, 4) is 0 Å². The van der Waals surface area contributed by atoms with Crippen LogP contribution in [0.1, 0.15) is 28.7 Å². The first-order valence-electron chi connectivity index (χ1n) is 7.88. The summed E-state index contributed by atoms with van der Waals surface area (Å²) in [6.07, 6.45) is 6.03. The Morgan fingerprint density at radius 2 is 1.48 bits per heavy atom. The van der Waals surface area contributed by atoms with Gasteiger partial charge in [0.25, 0.3) is 0 Å². The second kappa shape index (κ2) is 5.58. The number of aryl methyl sites for hydroxylation is 1. The highest BCUT2D eigenvalue weighted by atomic mass is 79.9. The van der Waals surface area contributed by atoms with E-state index in [1.807, 2.05) is 0 Å². The second-order valence-corrected chi connectivity index (χ2v) is 7.31. The molecule has 2 aliphatic rings. The van der Waals surface area contributed by atoms with E-state index in [2.05, 4.69) is 63.7 Å². The average molecular weight is 342 g/mol. The van der Waals surface area contributed by atoms with E-state index in [4.69, 9.17) is 0 Å². The lowest BCUT2D eigenvalue weighted by Gasteiger charge is -2.28. The van der Waals surface area contributed by atoms with Gasteiger partial charge in [-0.1, -0.05) is 46.3 Å². The molecule has 0 radical (unpaired) electrons. The largest absolute Gasteiger partial charge is 0.310 e. The molecule has 0 heterocycles. The first-order chi connectivity index (χ1) is 10.3. The van der Waals surface area contributed by atoms with Crippen molar-refractivity contribution in [1.29, 1.82) is 0 Å². The number of fused-ring (bicyclic) bond motifs is 2. The van der Waals surface area contributed by atoms with Gasteiger partial charge in [-0.25, -0.2) is 0 Å². The Morgan fingerprint density at radius 1 is 0.810 bits per heavy atom. The number of nitrogens with one attached hydrogen (secondary N) is 1. The van der Waals surface area contributed by atoms with Crippen molar-refractivity contribution in [1.82, 2.24) is 5.32 Å². The molecule has 0 amide bonds. The van der Waals surface area contributed by atoms with Crippen LogP contribution in [0.15, 0.2) is 46.9 Å². The van der Waals surface area contributed by atoms with Crippen LogP contribution in [-0.4, -0.2) is 12.1 Å². The summed E-state index contributed by atoms with van der Waals surface area (Å²) in [7, 11) is 0. The topological polar surface area (TPSA) is 12.0 Å². The van der Waals surface area contributed by atoms with E-state index < -0.39 is 0 Å². The van der Waals surface area contributed by atoms with E-state index in [1.54, 1.807) is 0 Å². The van der Waals surface area contributed by atoms with Crippen LogP contribution in [0.25, 0.3) is 0 Å². The van der Waals surface area contributed by atoms with Gasteiger partial charge < -0.3 is 5.32 Å². The standard InChI is InChI=1S/C19H20BrN/c20-17-7-5-16-10-18(8-6-15(16)9-17)21-19-11-13-3-1-2-4-14(13)12-19/h1-5,7,9,18-19,21H,6,8,10-12H2. The van der Waals surface area contributed by atoms with Gasteiger partial charge in [-0.05, 0) is 66.5 Å². The fraction of sp³-hybridized carbons (Fsp3) is 0.368. The summed E-state index contributed by atoms with van der Waals surface area (Å²) in [4.78, 5) is 0. The van der Waals surface area contributed by atoms with Gasteiger partial charge in [-0.2, -0.15) is 0 Å². The van der Waals surface area contributed by atoms with Gasteiger partial charge in [0.2, 0.25) is 0 Å². The van der Waals surface area contributed by atoms with Crippen molar-refractivity contribution in [2.24, 2.45) is 0 Å². The molecule has 1 N–H and O–H groups in total. The maximum absolute atomic E-state index is 3.91. The fourth-order valence-corrected chi connectivity index (χ4v) is 4.28. The predicted octanol–water partition coefficient (Wildman–Crippen LogP) is 4.06. The average Bonchev–Trinajstić information content (AvgIpc) is 2.89. The van der Waals surface area contributed by atoms with Crippen LogP contribution < -0.4 is 5.32 Å². The smallest absolute Gasteiger partial charge is 0.0178 e. The Hall–Kier alpha value is -1.12. The summed E-state index contributed by atoms with van der Waals surface area (Å²) in [5, 5.41) is 3.91. The molecule has 1 nitrogen and oxygen atoms in total. The minimum absolute atomic E-state index is 0.629. The van der Waals surface area contributed by atoms with E-state index in [1.165, 1.54) is 58.8 Å². The Bertz CT molecular complexity index is 639. The maximum atomic E-state index is 3.91. The molecule has 0 saturated heterocycles. The van der Waals surface area contributed by atoms with Crippen LogP contribution in [0.3, 0.4) is 0 Å². The van der Waals surface area contributed by atoms with Gasteiger partial charge in [0.15, 0.2) is 0 Å². The van der Waals surface area contributed by atoms with E-state index in [0.717, 1.165) is 0 Å². The van der Waals surface area contributed by atoms with Crippen LogP contribution in [0.2, 0.25) is 0 Å². The van der Waals surface area contributed by atoms with E-state index >= 15 is 0 Å². The molecule has 2 aromatic rings. The second-order valence-electron chi connectivity index (χ2n) is 6.39. The Morgan fingerprint density at radius 3 is 2.24 bits per heavy atom. The van der Waals surface area contributed by atoms with E-state index in [0.29, 0.717) is 12.1 Å². The minimum Gasteiger partial charge on any atom is -0.310 e. The van der Waals surface area contributed by atoms with Gasteiger partial charge in [0.1, 0.15) is 0 Å². The number of benzene rings is 2. The Labute approximate surface area is 134 Å². The van der Waals surface area contributed by atoms with Gasteiger partial charge in [0.05, 0.1) is 0 Å². The first-order valence-corrected chi connectivity index (χ1v) is 8.67. The van der Waals surface area contributed by atoms with Crippen LogP contribution in [-0.2, 0) is 25.7 Å². The Kier molecular flexibility index (Phi) is 3.60.